The summed E-state index contributed by atoms with van der Waals surface area (Å²) in [5.74, 6) is 1.07. The van der Waals surface area contributed by atoms with Gasteiger partial charge in [-0.05, 0) is 12.2 Å². The highest BCUT2D eigenvalue weighted by molar-refractivity contribution is 7.80. The monoisotopic (exact) mass is 238 g/mol. The minimum absolute atomic E-state index is 0. The first kappa shape index (κ1) is 17.0. The third-order valence-electron chi connectivity index (χ3n) is 2.51. The van der Waals surface area contributed by atoms with Crippen LogP contribution in [0.2, 0.25) is 0 Å². The molecular weight excluding hydrogens is 212 g/mol. The van der Waals surface area contributed by atoms with Crippen LogP contribution in [0.1, 0.15) is 71.1 Å². The molecule has 0 nitrogen and oxygen atoms in total. The average molecular weight is 239 g/mol. The molecule has 0 amide bonds. The number of thiol groups is 1. The Labute approximate surface area is 102 Å². The molecule has 0 N–H and O–H groups in total. The zero-order chi connectivity index (χ0) is 9.78. The van der Waals surface area contributed by atoms with Gasteiger partial charge in [-0.3, -0.25) is 0 Å². The van der Waals surface area contributed by atoms with Gasteiger partial charge in [0, 0.05) is 0 Å². The summed E-state index contributed by atoms with van der Waals surface area (Å²) in [5.41, 5.74) is 0. The van der Waals surface area contributed by atoms with Crippen molar-refractivity contribution in [3.63, 3.8) is 0 Å². The topological polar surface area (TPSA) is 0 Å². The molecule has 0 aliphatic heterocycles. The quantitative estimate of drug-likeness (QED) is 0.390. The summed E-state index contributed by atoms with van der Waals surface area (Å²) in [6.07, 6.45) is 14.2. The maximum Gasteiger partial charge on any atom is -0.00979 e. The zero-order valence-corrected chi connectivity index (χ0v) is 11.3. The van der Waals surface area contributed by atoms with E-state index in [1.807, 2.05) is 0 Å². The molecule has 0 aromatic carbocycles. The van der Waals surface area contributed by atoms with Crippen molar-refractivity contribution in [2.24, 2.45) is 0 Å². The Morgan fingerprint density at radius 1 is 0.643 bits per heavy atom. The molecule has 0 saturated heterocycles. The molecule has 0 radical (unpaired) electrons. The van der Waals surface area contributed by atoms with Crippen LogP contribution in [0.4, 0.5) is 0 Å². The van der Waals surface area contributed by atoms with Gasteiger partial charge in [0.05, 0.1) is 0 Å². The van der Waals surface area contributed by atoms with Crippen molar-refractivity contribution < 1.29 is 0 Å². The number of halogens is 1. The van der Waals surface area contributed by atoms with E-state index in [0.717, 1.165) is 5.75 Å². The van der Waals surface area contributed by atoms with E-state index in [-0.39, 0.29) is 12.4 Å². The number of hydrogen-bond donors (Lipinski definition) is 1. The normalized spacial score (nSPS) is 9.86. The first-order chi connectivity index (χ1) is 6.41. The first-order valence-electron chi connectivity index (χ1n) is 6.02. The largest absolute Gasteiger partial charge is 0.179 e. The number of unbranched alkanes of at least 4 members (excludes halogenated alkanes) is 9. The lowest BCUT2D eigenvalue weighted by molar-refractivity contribution is 0.563. The molecule has 0 atom stereocenters. The van der Waals surface area contributed by atoms with Crippen LogP contribution < -0.4 is 0 Å². The van der Waals surface area contributed by atoms with E-state index in [0.29, 0.717) is 0 Å². The van der Waals surface area contributed by atoms with Crippen molar-refractivity contribution in [2.75, 3.05) is 5.75 Å². The van der Waals surface area contributed by atoms with E-state index in [1.54, 1.807) is 0 Å². The molecule has 0 fully saturated rings. The summed E-state index contributed by atoms with van der Waals surface area (Å²) >= 11 is 4.20. The van der Waals surface area contributed by atoms with Gasteiger partial charge in [-0.2, -0.15) is 12.6 Å². The van der Waals surface area contributed by atoms with E-state index < -0.39 is 0 Å². The fourth-order valence-corrected chi connectivity index (χ4v) is 1.82. The predicted octanol–water partition coefficient (Wildman–Crippen LogP) is 5.26. The summed E-state index contributed by atoms with van der Waals surface area (Å²) < 4.78 is 0. The Morgan fingerprint density at radius 3 is 1.36 bits per heavy atom. The maximum atomic E-state index is 4.20. The van der Waals surface area contributed by atoms with E-state index >= 15 is 0 Å². The van der Waals surface area contributed by atoms with E-state index in [2.05, 4.69) is 19.6 Å². The molecule has 0 unspecified atom stereocenters. The second-order valence-electron chi connectivity index (χ2n) is 3.91. The summed E-state index contributed by atoms with van der Waals surface area (Å²) in [6, 6.07) is 0. The van der Waals surface area contributed by atoms with Crippen LogP contribution in [0.5, 0.6) is 0 Å². The highest BCUT2D eigenvalue weighted by Crippen LogP contribution is 2.10. The van der Waals surface area contributed by atoms with Gasteiger partial charge >= 0.3 is 0 Å². The van der Waals surface area contributed by atoms with E-state index in [9.17, 15) is 0 Å². The third-order valence-corrected chi connectivity index (χ3v) is 2.83. The third kappa shape index (κ3) is 15.1. The number of hydrogen-bond acceptors (Lipinski definition) is 1. The molecule has 14 heavy (non-hydrogen) atoms. The van der Waals surface area contributed by atoms with E-state index in [4.69, 9.17) is 0 Å². The SMILES string of the molecule is CCCCCCCCCCCCS.Cl. The van der Waals surface area contributed by atoms with Gasteiger partial charge in [0.2, 0.25) is 0 Å². The smallest absolute Gasteiger partial charge is 0.00979 e. The molecule has 0 aliphatic rings. The molecule has 0 saturated carbocycles. The molecule has 0 aromatic rings. The zero-order valence-electron chi connectivity index (χ0n) is 9.63. The summed E-state index contributed by atoms with van der Waals surface area (Å²) in [5, 5.41) is 0. The summed E-state index contributed by atoms with van der Waals surface area (Å²) in [4.78, 5) is 0. The maximum absolute atomic E-state index is 4.20. The molecule has 0 bridgehead atoms. The van der Waals surface area contributed by atoms with Crippen LogP contribution in [0.15, 0.2) is 0 Å². The minimum atomic E-state index is 0. The van der Waals surface area contributed by atoms with Gasteiger partial charge in [-0.15, -0.1) is 12.4 Å². The Balaban J connectivity index is 0. The summed E-state index contributed by atoms with van der Waals surface area (Å²) in [6.45, 7) is 2.28. The van der Waals surface area contributed by atoms with Crippen LogP contribution in [0.25, 0.3) is 0 Å². The van der Waals surface area contributed by atoms with Crippen molar-refractivity contribution >= 4 is 25.0 Å². The Kier molecular flexibility index (Phi) is 19.6. The lowest BCUT2D eigenvalue weighted by atomic mass is 10.1. The molecule has 0 heterocycles. The molecule has 0 aliphatic carbocycles. The van der Waals surface area contributed by atoms with Gasteiger partial charge in [0.15, 0.2) is 0 Å². The van der Waals surface area contributed by atoms with Crippen molar-refractivity contribution in [1.29, 1.82) is 0 Å². The van der Waals surface area contributed by atoms with Gasteiger partial charge in [-0.25, -0.2) is 0 Å². The lowest BCUT2D eigenvalue weighted by Gasteiger charge is -2.00. The highest BCUT2D eigenvalue weighted by atomic mass is 35.5. The second-order valence-corrected chi connectivity index (χ2v) is 4.35. The van der Waals surface area contributed by atoms with Crippen LogP contribution in [0, 0.1) is 0 Å². The molecule has 0 rings (SSSR count). The lowest BCUT2D eigenvalue weighted by Crippen LogP contribution is -1.81. The van der Waals surface area contributed by atoms with Crippen molar-refractivity contribution in [2.45, 2.75) is 71.1 Å². The van der Waals surface area contributed by atoms with Gasteiger partial charge in [0.1, 0.15) is 0 Å². The standard InChI is InChI=1S/C12H26S.ClH/c1-2-3-4-5-6-7-8-9-10-11-12-13;/h13H,2-12H2,1H3;1H. The van der Waals surface area contributed by atoms with Crippen LogP contribution in [0.3, 0.4) is 0 Å². The van der Waals surface area contributed by atoms with Crippen LogP contribution in [-0.2, 0) is 0 Å². The van der Waals surface area contributed by atoms with Crippen LogP contribution >= 0.6 is 25.0 Å². The van der Waals surface area contributed by atoms with Crippen LogP contribution in [-0.4, -0.2) is 5.75 Å². The molecule has 88 valence electrons. The van der Waals surface area contributed by atoms with E-state index in [1.165, 1.54) is 64.2 Å². The summed E-state index contributed by atoms with van der Waals surface area (Å²) in [7, 11) is 0. The molecular formula is C12H27ClS. The van der Waals surface area contributed by atoms with Gasteiger partial charge < -0.3 is 0 Å². The van der Waals surface area contributed by atoms with Crippen molar-refractivity contribution in [1.82, 2.24) is 0 Å². The predicted molar refractivity (Wildman–Crippen MR) is 72.9 cm³/mol. The number of rotatable bonds is 10. The Morgan fingerprint density at radius 2 is 1.00 bits per heavy atom. The molecule has 2 heteroatoms. The highest BCUT2D eigenvalue weighted by Gasteiger charge is 1.91. The Hall–Kier alpha value is 0.640. The van der Waals surface area contributed by atoms with Crippen molar-refractivity contribution in [3.8, 4) is 0 Å². The van der Waals surface area contributed by atoms with Gasteiger partial charge in [-0.1, -0.05) is 64.7 Å². The Bertz CT molecular complexity index is 76.4. The second kappa shape index (κ2) is 16.1. The molecule has 0 aromatic heterocycles. The fourth-order valence-electron chi connectivity index (χ4n) is 1.60. The van der Waals surface area contributed by atoms with Gasteiger partial charge in [0.25, 0.3) is 0 Å². The minimum Gasteiger partial charge on any atom is -0.179 e. The molecule has 0 spiro atoms. The average Bonchev–Trinajstić information content (AvgIpc) is 2.16. The van der Waals surface area contributed by atoms with Crippen molar-refractivity contribution in [3.05, 3.63) is 0 Å². The fraction of sp³-hybridized carbons (Fsp3) is 1.00. The first-order valence-corrected chi connectivity index (χ1v) is 6.66.